The Morgan fingerprint density at radius 1 is 1.33 bits per heavy atom. The number of ketones is 1. The number of piperidine rings is 1. The Balaban J connectivity index is 0.00000280. The van der Waals surface area contributed by atoms with Gasteiger partial charge in [0.05, 0.1) is 5.69 Å². The summed E-state index contributed by atoms with van der Waals surface area (Å²) in [7, 11) is 0. The molecule has 27 heavy (non-hydrogen) atoms. The standard InChI is InChI=1S/C21H36N4OS.H2/c1-4-16(3)20(26)17-8-11-24(12-9-17)14-18-15-27-21(23-18)22-13-19-7-6-10-25(19)5-2;/h15-17,19H,4-14H2,1-3H3,(H,22,23);1H. The van der Waals surface area contributed by atoms with Gasteiger partial charge in [-0.15, -0.1) is 11.3 Å². The monoisotopic (exact) mass is 394 g/mol. The molecule has 0 aromatic carbocycles. The van der Waals surface area contributed by atoms with E-state index in [-0.39, 0.29) is 13.3 Å². The van der Waals surface area contributed by atoms with Gasteiger partial charge in [-0.2, -0.15) is 0 Å². The van der Waals surface area contributed by atoms with Gasteiger partial charge in [0.25, 0.3) is 0 Å². The zero-order valence-corrected chi connectivity index (χ0v) is 18.1. The first-order valence-corrected chi connectivity index (χ1v) is 11.7. The van der Waals surface area contributed by atoms with Crippen molar-refractivity contribution in [1.29, 1.82) is 0 Å². The summed E-state index contributed by atoms with van der Waals surface area (Å²) >= 11 is 1.72. The highest BCUT2D eigenvalue weighted by atomic mass is 32.1. The molecule has 0 saturated carbocycles. The van der Waals surface area contributed by atoms with Crippen molar-refractivity contribution in [3.8, 4) is 0 Å². The molecule has 2 unspecified atom stereocenters. The number of nitrogens with one attached hydrogen (secondary N) is 1. The van der Waals surface area contributed by atoms with Crippen LogP contribution in [0.1, 0.15) is 60.0 Å². The van der Waals surface area contributed by atoms with Gasteiger partial charge in [-0.05, 0) is 58.3 Å². The lowest BCUT2D eigenvalue weighted by atomic mass is 9.85. The molecule has 154 valence electrons. The van der Waals surface area contributed by atoms with Crippen LogP contribution in [-0.4, -0.2) is 59.3 Å². The zero-order valence-electron chi connectivity index (χ0n) is 17.2. The van der Waals surface area contributed by atoms with Crippen LogP contribution in [0.3, 0.4) is 0 Å². The second kappa shape index (κ2) is 9.99. The summed E-state index contributed by atoms with van der Waals surface area (Å²) in [5.41, 5.74) is 1.16. The van der Waals surface area contributed by atoms with E-state index in [4.69, 9.17) is 4.98 Å². The van der Waals surface area contributed by atoms with Crippen LogP contribution in [0.2, 0.25) is 0 Å². The van der Waals surface area contributed by atoms with Gasteiger partial charge in [-0.1, -0.05) is 20.8 Å². The first kappa shape index (κ1) is 20.7. The average molecular weight is 395 g/mol. The summed E-state index contributed by atoms with van der Waals surface area (Å²) in [6, 6.07) is 0.657. The second-order valence-electron chi connectivity index (χ2n) is 8.21. The Morgan fingerprint density at radius 2 is 2.11 bits per heavy atom. The topological polar surface area (TPSA) is 48.5 Å². The fourth-order valence-electron chi connectivity index (χ4n) is 4.42. The van der Waals surface area contributed by atoms with Crippen LogP contribution in [0.15, 0.2) is 5.38 Å². The number of aromatic nitrogens is 1. The molecule has 3 heterocycles. The summed E-state index contributed by atoms with van der Waals surface area (Å²) in [6.07, 6.45) is 5.59. The summed E-state index contributed by atoms with van der Waals surface area (Å²) in [4.78, 5) is 22.2. The molecule has 0 aliphatic carbocycles. The highest BCUT2D eigenvalue weighted by Crippen LogP contribution is 2.25. The molecule has 5 nitrogen and oxygen atoms in total. The molecule has 2 saturated heterocycles. The summed E-state index contributed by atoms with van der Waals surface area (Å²) < 4.78 is 0. The van der Waals surface area contributed by atoms with Crippen LogP contribution in [0.25, 0.3) is 0 Å². The number of hydrogen-bond donors (Lipinski definition) is 1. The first-order chi connectivity index (χ1) is 13.1. The summed E-state index contributed by atoms with van der Waals surface area (Å²) in [6.45, 7) is 12.8. The Bertz CT molecular complexity index is 603. The highest BCUT2D eigenvalue weighted by Gasteiger charge is 2.27. The van der Waals surface area contributed by atoms with Crippen molar-refractivity contribution >= 4 is 22.3 Å². The van der Waals surface area contributed by atoms with Crippen molar-refractivity contribution in [3.05, 3.63) is 11.1 Å². The van der Waals surface area contributed by atoms with Gasteiger partial charge in [0.1, 0.15) is 5.78 Å². The van der Waals surface area contributed by atoms with E-state index in [1.54, 1.807) is 11.3 Å². The van der Waals surface area contributed by atoms with E-state index < -0.39 is 0 Å². The SMILES string of the molecule is CCC(C)C(=O)C1CCN(Cc2csc(NCC3CCCN3CC)n2)CC1.[HH]. The minimum absolute atomic E-state index is 0. The molecule has 0 bridgehead atoms. The average Bonchev–Trinajstić information content (AvgIpc) is 3.34. The number of rotatable bonds is 9. The van der Waals surface area contributed by atoms with E-state index in [2.05, 4.69) is 41.3 Å². The van der Waals surface area contributed by atoms with Crippen molar-refractivity contribution in [2.75, 3.05) is 38.0 Å². The third-order valence-electron chi connectivity index (χ3n) is 6.42. The minimum atomic E-state index is 0. The molecule has 2 aliphatic rings. The molecule has 0 spiro atoms. The normalized spacial score (nSPS) is 23.6. The van der Waals surface area contributed by atoms with Crippen LogP contribution < -0.4 is 5.32 Å². The van der Waals surface area contributed by atoms with E-state index in [0.29, 0.717) is 11.8 Å². The number of nitrogens with zero attached hydrogens (tertiary/aromatic N) is 3. The van der Waals surface area contributed by atoms with Gasteiger partial charge in [0, 0.05) is 37.8 Å². The van der Waals surface area contributed by atoms with Gasteiger partial charge in [-0.25, -0.2) is 4.98 Å². The van der Waals surface area contributed by atoms with E-state index in [1.807, 2.05) is 0 Å². The van der Waals surface area contributed by atoms with Crippen LogP contribution in [-0.2, 0) is 11.3 Å². The van der Waals surface area contributed by atoms with Crippen LogP contribution in [0.4, 0.5) is 5.13 Å². The lowest BCUT2D eigenvalue weighted by Crippen LogP contribution is -2.37. The lowest BCUT2D eigenvalue weighted by Gasteiger charge is -2.31. The Hall–Kier alpha value is -0.980. The molecular formula is C21H38N4OS. The molecular weight excluding hydrogens is 356 g/mol. The van der Waals surface area contributed by atoms with Crippen molar-refractivity contribution in [2.45, 2.75) is 65.5 Å². The van der Waals surface area contributed by atoms with Crippen LogP contribution in [0, 0.1) is 11.8 Å². The number of hydrogen-bond acceptors (Lipinski definition) is 6. The van der Waals surface area contributed by atoms with E-state index >= 15 is 0 Å². The molecule has 0 radical (unpaired) electrons. The van der Waals surface area contributed by atoms with Crippen LogP contribution >= 0.6 is 11.3 Å². The number of Topliss-reactive ketones (excluding diaryl/α,β-unsaturated/α-hetero) is 1. The Morgan fingerprint density at radius 3 is 2.81 bits per heavy atom. The smallest absolute Gasteiger partial charge is 0.182 e. The molecule has 6 heteroatoms. The predicted molar refractivity (Wildman–Crippen MR) is 115 cm³/mol. The minimum Gasteiger partial charge on any atom is -0.360 e. The highest BCUT2D eigenvalue weighted by molar-refractivity contribution is 7.13. The predicted octanol–water partition coefficient (Wildman–Crippen LogP) is 4.11. The van der Waals surface area contributed by atoms with Gasteiger partial charge in [-0.3, -0.25) is 14.6 Å². The summed E-state index contributed by atoms with van der Waals surface area (Å²) in [5.74, 6) is 0.972. The summed E-state index contributed by atoms with van der Waals surface area (Å²) in [5, 5.41) is 6.79. The van der Waals surface area contributed by atoms with Crippen molar-refractivity contribution in [1.82, 2.24) is 14.8 Å². The van der Waals surface area contributed by atoms with E-state index in [0.717, 1.165) is 62.8 Å². The van der Waals surface area contributed by atoms with Gasteiger partial charge < -0.3 is 5.32 Å². The van der Waals surface area contributed by atoms with Gasteiger partial charge >= 0.3 is 0 Å². The maximum atomic E-state index is 12.4. The van der Waals surface area contributed by atoms with Gasteiger partial charge in [0.15, 0.2) is 5.13 Å². The number of anilines is 1. The molecule has 0 amide bonds. The zero-order chi connectivity index (χ0) is 19.2. The Labute approximate surface area is 170 Å². The number of carbonyl (C=O) groups excluding carboxylic acids is 1. The fourth-order valence-corrected chi connectivity index (χ4v) is 5.13. The van der Waals surface area contributed by atoms with Crippen molar-refractivity contribution in [2.24, 2.45) is 11.8 Å². The van der Waals surface area contributed by atoms with Crippen LogP contribution in [0.5, 0.6) is 0 Å². The second-order valence-corrected chi connectivity index (χ2v) is 9.07. The first-order valence-electron chi connectivity index (χ1n) is 10.8. The molecule has 1 aromatic heterocycles. The number of likely N-dealkylation sites (tertiary alicyclic amines) is 2. The maximum absolute atomic E-state index is 12.4. The number of thiazole rings is 1. The number of likely N-dealkylation sites (N-methyl/N-ethyl adjacent to an activating group) is 1. The van der Waals surface area contributed by atoms with Crippen molar-refractivity contribution < 1.29 is 6.22 Å². The molecule has 2 fully saturated rings. The molecule has 1 aromatic rings. The van der Waals surface area contributed by atoms with Crippen molar-refractivity contribution in [3.63, 3.8) is 0 Å². The molecule has 2 atom stereocenters. The maximum Gasteiger partial charge on any atom is 0.182 e. The quantitative estimate of drug-likeness (QED) is 0.683. The molecule has 1 N–H and O–H groups in total. The number of carbonyl (C=O) groups is 1. The largest absolute Gasteiger partial charge is 0.360 e. The third-order valence-corrected chi connectivity index (χ3v) is 7.27. The lowest BCUT2D eigenvalue weighted by molar-refractivity contribution is -0.127. The third kappa shape index (κ3) is 5.52. The fraction of sp³-hybridized carbons (Fsp3) is 0.810. The molecule has 3 rings (SSSR count). The van der Waals surface area contributed by atoms with E-state index in [1.165, 1.54) is 19.4 Å². The van der Waals surface area contributed by atoms with Gasteiger partial charge in [0.2, 0.25) is 0 Å². The van der Waals surface area contributed by atoms with E-state index in [9.17, 15) is 4.79 Å². The Kier molecular flexibility index (Phi) is 7.67. The molecule has 2 aliphatic heterocycles.